The minimum Gasteiger partial charge on any atom is -0.394 e. The maximum absolute atomic E-state index is 10.9. The summed E-state index contributed by atoms with van der Waals surface area (Å²) in [5.41, 5.74) is 0. The SMILES string of the molecule is C[SH](C)(=O)OCCOCCO. The van der Waals surface area contributed by atoms with Gasteiger partial charge in [0, 0.05) is 12.5 Å². The third-order valence-corrected chi connectivity index (χ3v) is 1.67. The summed E-state index contributed by atoms with van der Waals surface area (Å²) < 4.78 is 20.7. The maximum Gasteiger partial charge on any atom is 0.0938 e. The smallest absolute Gasteiger partial charge is 0.0938 e. The number of rotatable bonds is 6. The van der Waals surface area contributed by atoms with E-state index in [4.69, 9.17) is 14.0 Å². The van der Waals surface area contributed by atoms with Gasteiger partial charge in [0.2, 0.25) is 0 Å². The van der Waals surface area contributed by atoms with Gasteiger partial charge in [-0.05, 0) is 0 Å². The molecule has 0 saturated heterocycles. The summed E-state index contributed by atoms with van der Waals surface area (Å²) in [6, 6.07) is 0. The van der Waals surface area contributed by atoms with Crippen LogP contribution >= 0.6 is 0 Å². The molecule has 0 bridgehead atoms. The lowest BCUT2D eigenvalue weighted by Gasteiger charge is -2.17. The fraction of sp³-hybridized carbons (Fsp3) is 1.00. The first kappa shape index (κ1) is 11.0. The molecular formula is C6H16O4S. The van der Waals surface area contributed by atoms with E-state index in [9.17, 15) is 4.21 Å². The molecule has 11 heavy (non-hydrogen) atoms. The minimum absolute atomic E-state index is 0.00983. The zero-order valence-electron chi connectivity index (χ0n) is 6.95. The van der Waals surface area contributed by atoms with Crippen LogP contribution in [0.3, 0.4) is 0 Å². The van der Waals surface area contributed by atoms with Gasteiger partial charge in [-0.25, -0.2) is 4.21 Å². The summed E-state index contributed by atoms with van der Waals surface area (Å²) >= 11 is 0. The number of aliphatic hydroxyl groups is 1. The van der Waals surface area contributed by atoms with Gasteiger partial charge in [0.1, 0.15) is 0 Å². The largest absolute Gasteiger partial charge is 0.394 e. The quantitative estimate of drug-likeness (QED) is 0.419. The van der Waals surface area contributed by atoms with E-state index in [1.54, 1.807) is 12.5 Å². The van der Waals surface area contributed by atoms with Gasteiger partial charge in [-0.15, -0.1) is 0 Å². The van der Waals surface area contributed by atoms with Gasteiger partial charge in [-0.1, -0.05) is 0 Å². The van der Waals surface area contributed by atoms with Gasteiger partial charge < -0.3 is 9.84 Å². The van der Waals surface area contributed by atoms with Gasteiger partial charge in [-0.2, -0.15) is 10.2 Å². The molecule has 0 fully saturated rings. The lowest BCUT2D eigenvalue weighted by atomic mass is 10.7. The summed E-state index contributed by atoms with van der Waals surface area (Å²) in [5, 5.41) is 8.30. The molecule has 0 aromatic carbocycles. The Morgan fingerprint density at radius 3 is 2.36 bits per heavy atom. The molecule has 0 unspecified atom stereocenters. The number of aliphatic hydroxyl groups excluding tert-OH is 1. The molecule has 0 aliphatic carbocycles. The normalized spacial score (nSPS) is 13.4. The van der Waals surface area contributed by atoms with Crippen LogP contribution in [0.1, 0.15) is 0 Å². The summed E-state index contributed by atoms with van der Waals surface area (Å²) in [4.78, 5) is 0. The summed E-state index contributed by atoms with van der Waals surface area (Å²) in [6.07, 6.45) is 3.11. The van der Waals surface area contributed by atoms with Crippen molar-refractivity contribution in [3.63, 3.8) is 0 Å². The predicted molar refractivity (Wildman–Crippen MR) is 45.2 cm³/mol. The second-order valence-electron chi connectivity index (χ2n) is 2.42. The highest BCUT2D eigenvalue weighted by Gasteiger charge is 1.93. The van der Waals surface area contributed by atoms with Crippen LogP contribution < -0.4 is 0 Å². The Balaban J connectivity index is 3.09. The topological polar surface area (TPSA) is 55.8 Å². The van der Waals surface area contributed by atoms with Crippen molar-refractivity contribution in [2.45, 2.75) is 0 Å². The van der Waals surface area contributed by atoms with E-state index in [-0.39, 0.29) is 6.61 Å². The highest BCUT2D eigenvalue weighted by Crippen LogP contribution is 1.93. The second-order valence-corrected chi connectivity index (χ2v) is 5.18. The van der Waals surface area contributed by atoms with Crippen molar-refractivity contribution in [3.8, 4) is 0 Å². The molecule has 70 valence electrons. The Morgan fingerprint density at radius 2 is 1.91 bits per heavy atom. The van der Waals surface area contributed by atoms with Crippen LogP contribution in [0, 0.1) is 0 Å². The average Bonchev–Trinajstić information content (AvgIpc) is 1.85. The first-order chi connectivity index (χ1) is 5.06. The third kappa shape index (κ3) is 10.0. The molecule has 0 spiro atoms. The van der Waals surface area contributed by atoms with Crippen molar-refractivity contribution in [2.24, 2.45) is 0 Å². The van der Waals surface area contributed by atoms with Crippen molar-refractivity contribution < 1.29 is 18.2 Å². The first-order valence-electron chi connectivity index (χ1n) is 3.44. The molecule has 0 amide bonds. The Morgan fingerprint density at radius 1 is 1.27 bits per heavy atom. The molecule has 0 aromatic rings. The Bertz CT molecular complexity index is 131. The summed E-state index contributed by atoms with van der Waals surface area (Å²) in [6.45, 7) is 1.02. The van der Waals surface area contributed by atoms with Gasteiger partial charge in [-0.3, -0.25) is 4.18 Å². The highest BCUT2D eigenvalue weighted by molar-refractivity contribution is 7.97. The van der Waals surface area contributed by atoms with Crippen molar-refractivity contribution in [3.05, 3.63) is 0 Å². The minimum atomic E-state index is -2.36. The predicted octanol–water partition coefficient (Wildman–Crippen LogP) is -0.797. The van der Waals surface area contributed by atoms with Crippen molar-refractivity contribution in [1.29, 1.82) is 0 Å². The van der Waals surface area contributed by atoms with Crippen molar-refractivity contribution >= 4 is 10.2 Å². The Hall–Kier alpha value is 0.0300. The van der Waals surface area contributed by atoms with E-state index in [1.165, 1.54) is 0 Å². The van der Waals surface area contributed by atoms with Gasteiger partial charge >= 0.3 is 0 Å². The highest BCUT2D eigenvalue weighted by atomic mass is 32.3. The van der Waals surface area contributed by atoms with Gasteiger partial charge in [0.15, 0.2) is 0 Å². The van der Waals surface area contributed by atoms with E-state index >= 15 is 0 Å². The van der Waals surface area contributed by atoms with E-state index in [0.29, 0.717) is 19.8 Å². The molecule has 0 rings (SSSR count). The van der Waals surface area contributed by atoms with Gasteiger partial charge in [0.25, 0.3) is 0 Å². The van der Waals surface area contributed by atoms with Crippen molar-refractivity contribution in [2.75, 3.05) is 38.9 Å². The van der Waals surface area contributed by atoms with Crippen molar-refractivity contribution in [1.82, 2.24) is 0 Å². The number of hydrogen-bond acceptors (Lipinski definition) is 4. The first-order valence-corrected chi connectivity index (χ1v) is 5.96. The molecular weight excluding hydrogens is 168 g/mol. The van der Waals surface area contributed by atoms with Crippen LogP contribution in [0.4, 0.5) is 0 Å². The summed E-state index contributed by atoms with van der Waals surface area (Å²) in [5.74, 6) is 0. The fourth-order valence-electron chi connectivity index (χ4n) is 0.483. The molecule has 0 radical (unpaired) electrons. The molecule has 5 heteroatoms. The molecule has 4 nitrogen and oxygen atoms in total. The van der Waals surface area contributed by atoms with E-state index < -0.39 is 10.2 Å². The lowest BCUT2D eigenvalue weighted by molar-refractivity contribution is 0.0728. The molecule has 0 aliphatic rings. The van der Waals surface area contributed by atoms with Crippen LogP contribution in [0.2, 0.25) is 0 Å². The number of ether oxygens (including phenoxy) is 1. The lowest BCUT2D eigenvalue weighted by Crippen LogP contribution is -2.15. The zero-order chi connectivity index (χ0) is 8.74. The van der Waals surface area contributed by atoms with E-state index in [0.717, 1.165) is 0 Å². The monoisotopic (exact) mass is 184 g/mol. The van der Waals surface area contributed by atoms with Crippen LogP contribution in [0.15, 0.2) is 0 Å². The molecule has 0 saturated carbocycles. The van der Waals surface area contributed by atoms with Crippen LogP contribution in [0.5, 0.6) is 0 Å². The number of thiol groups is 1. The molecule has 0 atom stereocenters. The molecule has 0 heterocycles. The van der Waals surface area contributed by atoms with E-state index in [2.05, 4.69) is 0 Å². The standard InChI is InChI=1S/C6H16O4S/c1-11(2,8)10-6-5-9-4-3-7/h7,11H,3-6H2,1-2H3. The van der Waals surface area contributed by atoms with Crippen LogP contribution in [-0.2, 0) is 19.1 Å². The average molecular weight is 184 g/mol. The van der Waals surface area contributed by atoms with Gasteiger partial charge in [0.05, 0.1) is 26.4 Å². The maximum atomic E-state index is 10.9. The fourth-order valence-corrected chi connectivity index (χ4v) is 0.997. The number of hydrogen-bond donors (Lipinski definition) is 2. The molecule has 0 aliphatic heterocycles. The van der Waals surface area contributed by atoms with Crippen LogP contribution in [-0.4, -0.2) is 48.3 Å². The Kier molecular flexibility index (Phi) is 5.67. The summed E-state index contributed by atoms with van der Waals surface area (Å²) in [7, 11) is -2.36. The third-order valence-electron chi connectivity index (χ3n) is 0.865. The Labute approximate surface area is 68.1 Å². The second kappa shape index (κ2) is 5.65. The molecule has 0 aromatic heterocycles. The van der Waals surface area contributed by atoms with E-state index in [1.807, 2.05) is 0 Å². The molecule has 1 N–H and O–H groups in total. The van der Waals surface area contributed by atoms with Crippen LogP contribution in [0.25, 0.3) is 0 Å². The zero-order valence-corrected chi connectivity index (χ0v) is 7.84.